The van der Waals surface area contributed by atoms with E-state index in [4.69, 9.17) is 0 Å². The van der Waals surface area contributed by atoms with Gasteiger partial charge in [0.05, 0.1) is 0 Å². The molecule has 1 N–H and O–H groups in total. The van der Waals surface area contributed by atoms with Gasteiger partial charge in [0.15, 0.2) is 0 Å². The van der Waals surface area contributed by atoms with Gasteiger partial charge < -0.3 is 5.32 Å². The summed E-state index contributed by atoms with van der Waals surface area (Å²) in [5.74, 6) is 0.964. The summed E-state index contributed by atoms with van der Waals surface area (Å²) in [5.41, 5.74) is 2.58. The summed E-state index contributed by atoms with van der Waals surface area (Å²) in [6, 6.07) is 4.92. The Balaban J connectivity index is 2.21. The molecule has 2 heterocycles. The number of hydrogen-bond donors (Lipinski definition) is 1. The lowest BCUT2D eigenvalue weighted by molar-refractivity contribution is 0.257. The lowest BCUT2D eigenvalue weighted by atomic mass is 10.0. The monoisotopic (exact) mass is 233 g/mol. The molecule has 0 bridgehead atoms. The van der Waals surface area contributed by atoms with Crippen molar-refractivity contribution in [3.05, 3.63) is 23.4 Å². The molecule has 94 valence electrons. The molecule has 1 aromatic heterocycles. The Morgan fingerprint density at radius 2 is 2.29 bits per heavy atom. The first-order valence-electron chi connectivity index (χ1n) is 6.65. The van der Waals surface area contributed by atoms with Crippen LogP contribution < -0.4 is 5.32 Å². The average molecular weight is 233 g/mol. The minimum Gasteiger partial charge on any atom is -0.373 e. The predicted octanol–water partition coefficient (Wildman–Crippen LogP) is 2.98. The van der Waals surface area contributed by atoms with Gasteiger partial charge in [0.2, 0.25) is 0 Å². The lowest BCUT2D eigenvalue weighted by Gasteiger charge is -2.25. The number of likely N-dealkylation sites (tertiary alicyclic amines) is 1. The summed E-state index contributed by atoms with van der Waals surface area (Å²) in [7, 11) is 1.92. The van der Waals surface area contributed by atoms with Crippen molar-refractivity contribution in [2.45, 2.75) is 39.2 Å². The van der Waals surface area contributed by atoms with Gasteiger partial charge in [-0.15, -0.1) is 0 Å². The van der Waals surface area contributed by atoms with Crippen LogP contribution in [0.15, 0.2) is 12.1 Å². The van der Waals surface area contributed by atoms with Gasteiger partial charge in [-0.2, -0.15) is 0 Å². The average Bonchev–Trinajstić information content (AvgIpc) is 2.77. The summed E-state index contributed by atoms with van der Waals surface area (Å²) in [4.78, 5) is 7.19. The van der Waals surface area contributed by atoms with E-state index in [1.807, 2.05) is 7.05 Å². The Kier molecular flexibility index (Phi) is 4.00. The quantitative estimate of drug-likeness (QED) is 0.866. The first kappa shape index (κ1) is 12.4. The van der Waals surface area contributed by atoms with Gasteiger partial charge in [0.25, 0.3) is 0 Å². The molecule has 0 aromatic carbocycles. The Hall–Kier alpha value is -1.09. The zero-order valence-electron chi connectivity index (χ0n) is 11.2. The summed E-state index contributed by atoms with van der Waals surface area (Å²) in [6.45, 7) is 6.83. The Labute approximate surface area is 104 Å². The zero-order chi connectivity index (χ0) is 12.3. The van der Waals surface area contributed by atoms with Crippen LogP contribution in [0.2, 0.25) is 0 Å². The maximum Gasteiger partial charge on any atom is 0.125 e. The molecule has 1 fully saturated rings. The number of rotatable bonds is 4. The van der Waals surface area contributed by atoms with E-state index >= 15 is 0 Å². The summed E-state index contributed by atoms with van der Waals surface area (Å²) in [5, 5.41) is 3.10. The fourth-order valence-electron chi connectivity index (χ4n) is 2.80. The minimum absolute atomic E-state index is 0.591. The van der Waals surface area contributed by atoms with Crippen molar-refractivity contribution in [1.82, 2.24) is 9.88 Å². The van der Waals surface area contributed by atoms with E-state index in [-0.39, 0.29) is 0 Å². The van der Waals surface area contributed by atoms with Gasteiger partial charge in [-0.25, -0.2) is 4.98 Å². The van der Waals surface area contributed by atoms with E-state index in [1.54, 1.807) is 0 Å². The number of aryl methyl sites for hydroxylation is 1. The number of nitrogens with zero attached hydrogens (tertiary/aromatic N) is 2. The second-order valence-electron chi connectivity index (χ2n) is 4.82. The van der Waals surface area contributed by atoms with Gasteiger partial charge in [0.1, 0.15) is 5.82 Å². The Morgan fingerprint density at radius 1 is 1.47 bits per heavy atom. The van der Waals surface area contributed by atoms with Crippen LogP contribution in [0, 0.1) is 6.92 Å². The van der Waals surface area contributed by atoms with E-state index < -0.39 is 0 Å². The first-order chi connectivity index (χ1) is 8.26. The third-order valence-electron chi connectivity index (χ3n) is 3.62. The van der Waals surface area contributed by atoms with Crippen molar-refractivity contribution in [2.24, 2.45) is 0 Å². The third-order valence-corrected chi connectivity index (χ3v) is 3.62. The van der Waals surface area contributed by atoms with Crippen molar-refractivity contribution >= 4 is 5.82 Å². The molecule has 1 atom stereocenters. The standard InChI is InChI=1S/C14H23N3/c1-4-9-17-10-5-6-13(17)12-7-8-14(15-3)16-11(12)2/h7-8,13H,4-6,9-10H2,1-3H3,(H,15,16)/t13-/m0/s1. The number of pyridine rings is 1. The molecule has 2 rings (SSSR count). The number of hydrogen-bond acceptors (Lipinski definition) is 3. The summed E-state index contributed by atoms with van der Waals surface area (Å²) >= 11 is 0. The molecule has 1 saturated heterocycles. The summed E-state index contributed by atoms with van der Waals surface area (Å²) in [6.07, 6.45) is 3.83. The highest BCUT2D eigenvalue weighted by atomic mass is 15.2. The van der Waals surface area contributed by atoms with Crippen LogP contribution in [0.4, 0.5) is 5.82 Å². The Morgan fingerprint density at radius 3 is 2.94 bits per heavy atom. The van der Waals surface area contributed by atoms with Crippen LogP contribution in [0.25, 0.3) is 0 Å². The van der Waals surface area contributed by atoms with Crippen LogP contribution in [0.3, 0.4) is 0 Å². The maximum atomic E-state index is 4.59. The number of anilines is 1. The Bertz CT molecular complexity index is 376. The van der Waals surface area contributed by atoms with E-state index in [1.165, 1.54) is 43.6 Å². The molecule has 3 nitrogen and oxygen atoms in total. The molecule has 0 unspecified atom stereocenters. The lowest BCUT2D eigenvalue weighted by Crippen LogP contribution is -2.24. The molecular formula is C14H23N3. The molecule has 0 amide bonds. The van der Waals surface area contributed by atoms with Crippen LogP contribution >= 0.6 is 0 Å². The molecule has 0 radical (unpaired) electrons. The minimum atomic E-state index is 0.591. The maximum absolute atomic E-state index is 4.59. The second kappa shape index (κ2) is 5.50. The van der Waals surface area contributed by atoms with Crippen molar-refractivity contribution in [3.63, 3.8) is 0 Å². The molecule has 17 heavy (non-hydrogen) atoms. The van der Waals surface area contributed by atoms with Crippen molar-refractivity contribution in [3.8, 4) is 0 Å². The highest BCUT2D eigenvalue weighted by Gasteiger charge is 2.26. The smallest absolute Gasteiger partial charge is 0.125 e. The summed E-state index contributed by atoms with van der Waals surface area (Å²) < 4.78 is 0. The van der Waals surface area contributed by atoms with Gasteiger partial charge in [-0.1, -0.05) is 13.0 Å². The van der Waals surface area contributed by atoms with Gasteiger partial charge >= 0.3 is 0 Å². The third kappa shape index (κ3) is 2.60. The van der Waals surface area contributed by atoms with E-state index in [2.05, 4.69) is 41.2 Å². The molecule has 1 aromatic rings. The molecule has 1 aliphatic rings. The van der Waals surface area contributed by atoms with Crippen LogP contribution in [-0.2, 0) is 0 Å². The highest BCUT2D eigenvalue weighted by Crippen LogP contribution is 2.33. The van der Waals surface area contributed by atoms with E-state index in [0.717, 1.165) is 5.82 Å². The largest absolute Gasteiger partial charge is 0.373 e. The number of nitrogens with one attached hydrogen (secondary N) is 1. The van der Waals surface area contributed by atoms with Gasteiger partial charge in [0, 0.05) is 18.8 Å². The molecular weight excluding hydrogens is 210 g/mol. The normalized spacial score (nSPS) is 20.8. The van der Waals surface area contributed by atoms with E-state index in [9.17, 15) is 0 Å². The SMILES string of the molecule is CCCN1CCC[C@H]1c1ccc(NC)nc1C. The molecule has 3 heteroatoms. The van der Waals surface area contributed by atoms with Gasteiger partial charge in [-0.3, -0.25) is 4.90 Å². The van der Waals surface area contributed by atoms with Crippen LogP contribution in [0.5, 0.6) is 0 Å². The topological polar surface area (TPSA) is 28.2 Å². The fraction of sp³-hybridized carbons (Fsp3) is 0.643. The first-order valence-corrected chi connectivity index (χ1v) is 6.65. The number of aromatic nitrogens is 1. The van der Waals surface area contributed by atoms with Crippen molar-refractivity contribution in [2.75, 3.05) is 25.5 Å². The molecule has 1 aliphatic heterocycles. The highest BCUT2D eigenvalue weighted by molar-refractivity contribution is 5.39. The molecule has 0 aliphatic carbocycles. The van der Waals surface area contributed by atoms with Gasteiger partial charge in [-0.05, 0) is 50.9 Å². The predicted molar refractivity (Wildman–Crippen MR) is 72.4 cm³/mol. The molecule has 0 saturated carbocycles. The molecule has 0 spiro atoms. The van der Waals surface area contributed by atoms with Crippen LogP contribution in [-0.4, -0.2) is 30.0 Å². The van der Waals surface area contributed by atoms with Crippen molar-refractivity contribution < 1.29 is 0 Å². The van der Waals surface area contributed by atoms with Crippen molar-refractivity contribution in [1.29, 1.82) is 0 Å². The van der Waals surface area contributed by atoms with Crippen LogP contribution in [0.1, 0.15) is 43.5 Å². The van der Waals surface area contributed by atoms with E-state index in [0.29, 0.717) is 6.04 Å². The second-order valence-corrected chi connectivity index (χ2v) is 4.82. The fourth-order valence-corrected chi connectivity index (χ4v) is 2.80. The zero-order valence-corrected chi connectivity index (χ0v) is 11.2.